The van der Waals surface area contributed by atoms with Crippen molar-refractivity contribution in [3.63, 3.8) is 0 Å². The summed E-state index contributed by atoms with van der Waals surface area (Å²) in [6.07, 6.45) is 2.07. The monoisotopic (exact) mass is 258 g/mol. The Bertz CT molecular complexity index is 450. The third-order valence-electron chi connectivity index (χ3n) is 4.25. The van der Waals surface area contributed by atoms with Gasteiger partial charge in [-0.25, -0.2) is 0 Å². The second-order valence-electron chi connectivity index (χ2n) is 6.25. The number of hydrogen-bond acceptors (Lipinski definition) is 2. The molecule has 2 heterocycles. The van der Waals surface area contributed by atoms with Crippen LogP contribution >= 0.6 is 0 Å². The molecule has 0 saturated carbocycles. The minimum Gasteiger partial charge on any atom is -0.373 e. The average molecular weight is 258 g/mol. The number of nitrogens with zero attached hydrogens (tertiary/aromatic N) is 1. The van der Waals surface area contributed by atoms with Gasteiger partial charge in [0.15, 0.2) is 0 Å². The van der Waals surface area contributed by atoms with Gasteiger partial charge in [-0.05, 0) is 29.9 Å². The van der Waals surface area contributed by atoms with Crippen LogP contribution in [0, 0.1) is 11.8 Å². The molecule has 102 valence electrons. The number of carbonyl (C=O) groups is 1. The Labute approximate surface area is 115 Å². The number of benzene rings is 1. The van der Waals surface area contributed by atoms with Gasteiger partial charge in [-0.3, -0.25) is 4.79 Å². The van der Waals surface area contributed by atoms with Crippen LogP contribution in [0.15, 0.2) is 24.3 Å². The number of nitrogens with one attached hydrogen (secondary N) is 1. The first kappa shape index (κ1) is 12.5. The van der Waals surface area contributed by atoms with Gasteiger partial charge in [-0.1, -0.05) is 32.0 Å². The van der Waals surface area contributed by atoms with Crippen LogP contribution in [-0.4, -0.2) is 29.9 Å². The highest BCUT2D eigenvalue weighted by Gasteiger charge is 2.33. The summed E-state index contributed by atoms with van der Waals surface area (Å²) in [5.41, 5.74) is 2.39. The maximum Gasteiger partial charge on any atom is 0.245 e. The molecule has 3 atom stereocenters. The summed E-state index contributed by atoms with van der Waals surface area (Å²) in [5.74, 6) is 1.52. The van der Waals surface area contributed by atoms with E-state index in [4.69, 9.17) is 0 Å². The molecule has 2 aliphatic rings. The maximum absolute atomic E-state index is 12.6. The van der Waals surface area contributed by atoms with Gasteiger partial charge >= 0.3 is 0 Å². The number of fused-ring (bicyclic) bond motifs is 1. The summed E-state index contributed by atoms with van der Waals surface area (Å²) in [5, 5.41) is 3.37. The van der Waals surface area contributed by atoms with Crippen LogP contribution in [0.4, 0.5) is 5.69 Å². The molecule has 0 radical (unpaired) electrons. The number of piperidine rings is 1. The Hall–Kier alpha value is -1.51. The van der Waals surface area contributed by atoms with Crippen molar-refractivity contribution >= 4 is 11.6 Å². The normalized spacial score (nSPS) is 29.8. The molecule has 3 heteroatoms. The Morgan fingerprint density at radius 1 is 1.21 bits per heavy atom. The van der Waals surface area contributed by atoms with Crippen molar-refractivity contribution in [3.05, 3.63) is 29.8 Å². The molecule has 1 amide bonds. The van der Waals surface area contributed by atoms with E-state index >= 15 is 0 Å². The van der Waals surface area contributed by atoms with Gasteiger partial charge in [0.1, 0.15) is 6.04 Å². The maximum atomic E-state index is 12.6. The van der Waals surface area contributed by atoms with E-state index in [0.29, 0.717) is 11.8 Å². The molecule has 1 aromatic carbocycles. The quantitative estimate of drug-likeness (QED) is 0.839. The lowest BCUT2D eigenvalue weighted by Gasteiger charge is -2.36. The van der Waals surface area contributed by atoms with Gasteiger partial charge in [0, 0.05) is 25.2 Å². The third-order valence-corrected chi connectivity index (χ3v) is 4.25. The molecular weight excluding hydrogens is 236 g/mol. The van der Waals surface area contributed by atoms with Crippen molar-refractivity contribution in [2.24, 2.45) is 11.8 Å². The summed E-state index contributed by atoms with van der Waals surface area (Å²) in [6, 6.07) is 8.17. The molecule has 3 rings (SSSR count). The summed E-state index contributed by atoms with van der Waals surface area (Å²) >= 11 is 0. The number of para-hydroxylation sites is 1. The van der Waals surface area contributed by atoms with Crippen LogP contribution in [0.1, 0.15) is 25.8 Å². The van der Waals surface area contributed by atoms with Crippen molar-refractivity contribution in [2.75, 3.05) is 18.4 Å². The second kappa shape index (κ2) is 4.87. The molecule has 0 spiro atoms. The second-order valence-corrected chi connectivity index (χ2v) is 6.25. The van der Waals surface area contributed by atoms with Crippen molar-refractivity contribution in [2.45, 2.75) is 32.7 Å². The zero-order valence-corrected chi connectivity index (χ0v) is 11.7. The standard InChI is InChI=1S/C16H22N2O/c1-11-7-12(2)10-18(9-11)16(19)15-8-13-5-3-4-6-14(13)17-15/h3-6,11-12,15,17H,7-10H2,1-2H3/t11-,12-,15-/m0/s1. The molecule has 1 aromatic rings. The van der Waals surface area contributed by atoms with E-state index in [1.54, 1.807) is 0 Å². The zero-order valence-electron chi connectivity index (χ0n) is 11.7. The predicted octanol–water partition coefficient (Wildman–Crippen LogP) is 2.53. The minimum atomic E-state index is -0.0603. The molecule has 0 unspecified atom stereocenters. The summed E-state index contributed by atoms with van der Waals surface area (Å²) in [4.78, 5) is 14.7. The van der Waals surface area contributed by atoms with Crippen molar-refractivity contribution in [1.82, 2.24) is 4.90 Å². The van der Waals surface area contributed by atoms with Crippen LogP contribution in [0.5, 0.6) is 0 Å². The molecule has 2 aliphatic heterocycles. The Morgan fingerprint density at radius 3 is 2.58 bits per heavy atom. The van der Waals surface area contributed by atoms with Gasteiger partial charge in [-0.2, -0.15) is 0 Å². The number of likely N-dealkylation sites (tertiary alicyclic amines) is 1. The number of anilines is 1. The number of rotatable bonds is 1. The van der Waals surface area contributed by atoms with E-state index in [-0.39, 0.29) is 11.9 Å². The fourth-order valence-electron chi connectivity index (χ4n) is 3.51. The molecule has 0 bridgehead atoms. The van der Waals surface area contributed by atoms with E-state index in [2.05, 4.69) is 36.2 Å². The third kappa shape index (κ3) is 2.46. The Balaban J connectivity index is 1.69. The molecular formula is C16H22N2O. The highest BCUT2D eigenvalue weighted by atomic mass is 16.2. The van der Waals surface area contributed by atoms with Crippen LogP contribution < -0.4 is 5.32 Å². The first-order valence-electron chi connectivity index (χ1n) is 7.26. The number of hydrogen-bond donors (Lipinski definition) is 1. The highest BCUT2D eigenvalue weighted by Crippen LogP contribution is 2.28. The van der Waals surface area contributed by atoms with E-state index in [1.807, 2.05) is 12.1 Å². The smallest absolute Gasteiger partial charge is 0.245 e. The molecule has 3 nitrogen and oxygen atoms in total. The van der Waals surface area contributed by atoms with Crippen LogP contribution in [0.2, 0.25) is 0 Å². The Kier molecular flexibility index (Phi) is 3.21. The molecule has 1 N–H and O–H groups in total. The van der Waals surface area contributed by atoms with Crippen LogP contribution in [-0.2, 0) is 11.2 Å². The first-order valence-corrected chi connectivity index (χ1v) is 7.26. The zero-order chi connectivity index (χ0) is 13.4. The lowest BCUT2D eigenvalue weighted by molar-refractivity contribution is -0.134. The SMILES string of the molecule is C[C@H]1C[C@H](C)CN(C(=O)[C@@H]2Cc3ccccc3N2)C1. The van der Waals surface area contributed by atoms with Gasteiger partial charge in [0.25, 0.3) is 0 Å². The van der Waals surface area contributed by atoms with Crippen LogP contribution in [0.25, 0.3) is 0 Å². The average Bonchev–Trinajstić information content (AvgIpc) is 2.80. The van der Waals surface area contributed by atoms with Gasteiger partial charge < -0.3 is 10.2 Å². The summed E-state index contributed by atoms with van der Waals surface area (Å²) in [6.45, 7) is 6.31. The van der Waals surface area contributed by atoms with Crippen molar-refractivity contribution < 1.29 is 4.79 Å². The Morgan fingerprint density at radius 2 is 1.89 bits per heavy atom. The van der Waals surface area contributed by atoms with Gasteiger partial charge in [0.05, 0.1) is 0 Å². The topological polar surface area (TPSA) is 32.3 Å². The van der Waals surface area contributed by atoms with E-state index in [1.165, 1.54) is 12.0 Å². The van der Waals surface area contributed by atoms with E-state index in [9.17, 15) is 4.79 Å². The molecule has 1 fully saturated rings. The van der Waals surface area contributed by atoms with Gasteiger partial charge in [0.2, 0.25) is 5.91 Å². The number of amides is 1. The van der Waals surface area contributed by atoms with E-state index < -0.39 is 0 Å². The lowest BCUT2D eigenvalue weighted by atomic mass is 9.91. The number of carbonyl (C=O) groups excluding carboxylic acids is 1. The first-order chi connectivity index (χ1) is 9.13. The summed E-state index contributed by atoms with van der Waals surface area (Å²) < 4.78 is 0. The predicted molar refractivity (Wildman–Crippen MR) is 77.1 cm³/mol. The molecule has 1 saturated heterocycles. The molecule has 0 aromatic heterocycles. The lowest BCUT2D eigenvalue weighted by Crippen LogP contribution is -2.48. The fraction of sp³-hybridized carbons (Fsp3) is 0.562. The summed E-state index contributed by atoms with van der Waals surface area (Å²) in [7, 11) is 0. The van der Waals surface area contributed by atoms with Gasteiger partial charge in [-0.15, -0.1) is 0 Å². The fourth-order valence-corrected chi connectivity index (χ4v) is 3.51. The molecule has 19 heavy (non-hydrogen) atoms. The van der Waals surface area contributed by atoms with Crippen molar-refractivity contribution in [1.29, 1.82) is 0 Å². The largest absolute Gasteiger partial charge is 0.373 e. The highest BCUT2D eigenvalue weighted by molar-refractivity contribution is 5.87. The molecule has 0 aliphatic carbocycles. The van der Waals surface area contributed by atoms with E-state index in [0.717, 1.165) is 25.2 Å². The van der Waals surface area contributed by atoms with Crippen molar-refractivity contribution in [3.8, 4) is 0 Å². The van der Waals surface area contributed by atoms with Crippen LogP contribution in [0.3, 0.4) is 0 Å². The minimum absolute atomic E-state index is 0.0603.